The molecule has 0 saturated heterocycles. The van der Waals surface area contributed by atoms with E-state index in [1.807, 2.05) is 6.92 Å². The van der Waals surface area contributed by atoms with Gasteiger partial charge in [-0.05, 0) is 22.9 Å². The van der Waals surface area contributed by atoms with Crippen LogP contribution in [0.3, 0.4) is 0 Å². The van der Waals surface area contributed by atoms with E-state index in [1.54, 1.807) is 4.68 Å². The molecule has 2 rings (SSSR count). The topological polar surface area (TPSA) is 139 Å². The van der Waals surface area contributed by atoms with E-state index in [0.29, 0.717) is 12.4 Å². The molecule has 0 bridgehead atoms. The summed E-state index contributed by atoms with van der Waals surface area (Å²) < 4.78 is 6.65. The number of tetrazole rings is 1. The normalized spacial score (nSPS) is 10.5. The number of carbonyl (C=O) groups excluding carboxylic acids is 1. The van der Waals surface area contributed by atoms with Crippen LogP contribution in [-0.4, -0.2) is 31.1 Å². The molecule has 10 heteroatoms. The van der Waals surface area contributed by atoms with E-state index in [1.165, 1.54) is 12.1 Å². The molecule has 0 unspecified atom stereocenters. The highest BCUT2D eigenvalue weighted by Gasteiger charge is 2.18. The molecule has 0 amide bonds. The summed E-state index contributed by atoms with van der Waals surface area (Å²) in [5.74, 6) is -0.368. The Morgan fingerprint density at radius 3 is 2.96 bits per heavy atom. The van der Waals surface area contributed by atoms with Crippen LogP contribution in [-0.2, 0) is 17.9 Å². The highest BCUT2D eigenvalue weighted by Crippen LogP contribution is 2.20. The van der Waals surface area contributed by atoms with Crippen LogP contribution in [0.4, 0.5) is 11.4 Å². The van der Waals surface area contributed by atoms with Gasteiger partial charge in [0.1, 0.15) is 0 Å². The summed E-state index contributed by atoms with van der Waals surface area (Å²) in [6.45, 7) is 2.52. The van der Waals surface area contributed by atoms with Crippen molar-refractivity contribution in [1.29, 1.82) is 0 Å². The summed E-state index contributed by atoms with van der Waals surface area (Å²) in [6.07, 6.45) is 1.87. The lowest BCUT2D eigenvalue weighted by Crippen LogP contribution is -2.12. The van der Waals surface area contributed by atoms with E-state index < -0.39 is 10.9 Å². The van der Waals surface area contributed by atoms with E-state index in [9.17, 15) is 14.9 Å². The van der Waals surface area contributed by atoms with Crippen LogP contribution in [0.1, 0.15) is 35.9 Å². The minimum atomic E-state index is -0.767. The molecule has 0 saturated carbocycles. The Hall–Kier alpha value is -3.04. The van der Waals surface area contributed by atoms with Gasteiger partial charge in [0.2, 0.25) is 0 Å². The highest BCUT2D eigenvalue weighted by molar-refractivity contribution is 5.95. The van der Waals surface area contributed by atoms with Crippen LogP contribution in [0.15, 0.2) is 18.2 Å². The highest BCUT2D eigenvalue weighted by atomic mass is 16.6. The van der Waals surface area contributed by atoms with E-state index in [-0.39, 0.29) is 23.5 Å². The number of ether oxygens (including phenoxy) is 1. The number of anilines is 1. The number of esters is 1. The second kappa shape index (κ2) is 7.29. The molecule has 2 N–H and O–H groups in total. The number of non-ortho nitro benzene ring substituents is 1. The number of unbranched alkanes of at least 4 members (excludes halogenated alkanes) is 1. The number of hydrogen-bond acceptors (Lipinski definition) is 8. The fourth-order valence-electron chi connectivity index (χ4n) is 1.85. The Balaban J connectivity index is 2.07. The first-order valence-corrected chi connectivity index (χ1v) is 6.99. The van der Waals surface area contributed by atoms with E-state index in [2.05, 4.69) is 15.5 Å². The molecule has 122 valence electrons. The average molecular weight is 320 g/mol. The largest absolute Gasteiger partial charge is 0.454 e. The molecule has 0 radical (unpaired) electrons. The van der Waals surface area contributed by atoms with Crippen LogP contribution in [0, 0.1) is 10.1 Å². The van der Waals surface area contributed by atoms with Crippen molar-refractivity contribution in [2.24, 2.45) is 0 Å². The Morgan fingerprint density at radius 1 is 1.48 bits per heavy atom. The molecule has 1 aromatic heterocycles. The smallest absolute Gasteiger partial charge is 0.340 e. The van der Waals surface area contributed by atoms with E-state index in [4.69, 9.17) is 10.5 Å². The first kappa shape index (κ1) is 16.3. The first-order chi connectivity index (χ1) is 11.0. The third-order valence-electron chi connectivity index (χ3n) is 3.13. The first-order valence-electron chi connectivity index (χ1n) is 6.99. The second-order valence-electron chi connectivity index (χ2n) is 4.78. The molecule has 10 nitrogen and oxygen atoms in total. The summed E-state index contributed by atoms with van der Waals surface area (Å²) in [7, 11) is 0. The van der Waals surface area contributed by atoms with Gasteiger partial charge in [0.25, 0.3) is 5.69 Å². The summed E-state index contributed by atoms with van der Waals surface area (Å²) >= 11 is 0. The fourth-order valence-corrected chi connectivity index (χ4v) is 1.85. The van der Waals surface area contributed by atoms with E-state index in [0.717, 1.165) is 18.9 Å². The number of benzene rings is 1. The van der Waals surface area contributed by atoms with Crippen molar-refractivity contribution in [3.05, 3.63) is 39.7 Å². The Kier molecular flexibility index (Phi) is 5.18. The molecule has 1 aromatic carbocycles. The third-order valence-corrected chi connectivity index (χ3v) is 3.13. The predicted octanol–water partition coefficient (Wildman–Crippen LogP) is 1.32. The van der Waals surface area contributed by atoms with Crippen LogP contribution >= 0.6 is 0 Å². The van der Waals surface area contributed by atoms with Crippen LogP contribution in [0.5, 0.6) is 0 Å². The number of aryl methyl sites for hydroxylation is 1. The number of nitro benzene ring substituents is 1. The minimum Gasteiger partial charge on any atom is -0.454 e. The Bertz CT molecular complexity index is 714. The number of aromatic nitrogens is 4. The number of nitrogens with zero attached hydrogens (tertiary/aromatic N) is 5. The summed E-state index contributed by atoms with van der Waals surface area (Å²) in [6, 6.07) is 3.59. The number of nitrogens with two attached hydrogens (primary N) is 1. The summed E-state index contributed by atoms with van der Waals surface area (Å²) in [5, 5.41) is 21.9. The lowest BCUT2D eigenvalue weighted by molar-refractivity contribution is -0.384. The van der Waals surface area contributed by atoms with Crippen molar-refractivity contribution >= 4 is 17.3 Å². The van der Waals surface area contributed by atoms with Crippen molar-refractivity contribution in [2.45, 2.75) is 32.9 Å². The van der Waals surface area contributed by atoms with Gasteiger partial charge in [0.05, 0.1) is 10.5 Å². The average Bonchev–Trinajstić information content (AvgIpc) is 2.98. The second-order valence-corrected chi connectivity index (χ2v) is 4.78. The number of carbonyl (C=O) groups is 1. The molecule has 0 spiro atoms. The van der Waals surface area contributed by atoms with Crippen LogP contribution < -0.4 is 5.73 Å². The number of nitro groups is 1. The Morgan fingerprint density at radius 2 is 2.26 bits per heavy atom. The van der Waals surface area contributed by atoms with Crippen molar-refractivity contribution in [1.82, 2.24) is 20.2 Å². The molecule has 2 aromatic rings. The maximum absolute atomic E-state index is 12.1. The van der Waals surface area contributed by atoms with Gasteiger partial charge in [0.15, 0.2) is 12.4 Å². The SMILES string of the molecule is CCCCn1nnnc1COC(=O)c1cc([N+](=O)[O-])ccc1N. The zero-order valence-electron chi connectivity index (χ0n) is 12.5. The van der Waals surface area contributed by atoms with Gasteiger partial charge in [-0.25, -0.2) is 9.48 Å². The number of nitrogen functional groups attached to an aromatic ring is 1. The fraction of sp³-hybridized carbons (Fsp3) is 0.385. The molecule has 0 aliphatic heterocycles. The molecule has 1 heterocycles. The van der Waals surface area contributed by atoms with Crippen molar-refractivity contribution in [3.63, 3.8) is 0 Å². The standard InChI is InChI=1S/C13H16N6O4/c1-2-3-6-18-12(15-16-17-18)8-23-13(20)10-7-9(19(21)22)4-5-11(10)14/h4-5,7H,2-3,6,8,14H2,1H3. The van der Waals surface area contributed by atoms with Gasteiger partial charge < -0.3 is 10.5 Å². The molecule has 0 fully saturated rings. The zero-order valence-corrected chi connectivity index (χ0v) is 12.5. The van der Waals surface area contributed by atoms with Crippen molar-refractivity contribution < 1.29 is 14.5 Å². The van der Waals surface area contributed by atoms with Gasteiger partial charge in [0, 0.05) is 24.4 Å². The zero-order chi connectivity index (χ0) is 16.8. The predicted molar refractivity (Wildman–Crippen MR) is 79.4 cm³/mol. The number of rotatable bonds is 7. The molecule has 0 atom stereocenters. The van der Waals surface area contributed by atoms with Crippen molar-refractivity contribution in [2.75, 3.05) is 5.73 Å². The third kappa shape index (κ3) is 3.99. The summed E-state index contributed by atoms with van der Waals surface area (Å²) in [4.78, 5) is 22.2. The molecule has 0 aliphatic carbocycles. The van der Waals surface area contributed by atoms with Gasteiger partial charge in [-0.15, -0.1) is 5.10 Å². The molecule has 23 heavy (non-hydrogen) atoms. The minimum absolute atomic E-state index is 0.0632. The quantitative estimate of drug-likeness (QED) is 0.348. The van der Waals surface area contributed by atoms with Crippen molar-refractivity contribution in [3.8, 4) is 0 Å². The van der Waals surface area contributed by atoms with Gasteiger partial charge in [-0.3, -0.25) is 10.1 Å². The maximum Gasteiger partial charge on any atom is 0.340 e. The molecular formula is C13H16N6O4. The van der Waals surface area contributed by atoms with Gasteiger partial charge >= 0.3 is 5.97 Å². The Labute approximate surface area is 131 Å². The molecular weight excluding hydrogens is 304 g/mol. The number of hydrogen-bond donors (Lipinski definition) is 1. The van der Waals surface area contributed by atoms with Gasteiger partial charge in [-0.2, -0.15) is 0 Å². The lowest BCUT2D eigenvalue weighted by Gasteiger charge is -2.07. The van der Waals surface area contributed by atoms with Gasteiger partial charge in [-0.1, -0.05) is 13.3 Å². The maximum atomic E-state index is 12.1. The lowest BCUT2D eigenvalue weighted by atomic mass is 10.1. The van der Waals surface area contributed by atoms with Crippen LogP contribution in [0.25, 0.3) is 0 Å². The van der Waals surface area contributed by atoms with E-state index >= 15 is 0 Å². The van der Waals surface area contributed by atoms with Crippen LogP contribution in [0.2, 0.25) is 0 Å². The summed E-state index contributed by atoms with van der Waals surface area (Å²) in [5.41, 5.74) is 5.47. The molecule has 0 aliphatic rings. The monoisotopic (exact) mass is 320 g/mol.